The van der Waals surface area contributed by atoms with Gasteiger partial charge in [0, 0.05) is 11.6 Å². The van der Waals surface area contributed by atoms with Gasteiger partial charge in [-0.2, -0.15) is 0 Å². The van der Waals surface area contributed by atoms with E-state index in [0.29, 0.717) is 21.6 Å². The van der Waals surface area contributed by atoms with Gasteiger partial charge in [-0.25, -0.2) is 4.39 Å². The van der Waals surface area contributed by atoms with Crippen molar-refractivity contribution in [3.8, 4) is 0 Å². The van der Waals surface area contributed by atoms with Crippen LogP contribution in [0.5, 0.6) is 0 Å². The number of carbonyl (C=O) groups excluding carboxylic acids is 1. The van der Waals surface area contributed by atoms with Crippen molar-refractivity contribution >= 4 is 28.5 Å². The maximum absolute atomic E-state index is 13.6. The van der Waals surface area contributed by atoms with Crippen LogP contribution in [0.1, 0.15) is 38.9 Å². The summed E-state index contributed by atoms with van der Waals surface area (Å²) in [4.78, 5) is 28.4. The van der Waals surface area contributed by atoms with Crippen molar-refractivity contribution in [3.05, 3.63) is 116 Å². The highest BCUT2D eigenvalue weighted by Gasteiger charge is 2.42. The molecular formula is C25H17ClFNO3. The molecule has 3 aromatic carbocycles. The molecule has 31 heavy (non-hydrogen) atoms. The smallest absolute Gasteiger partial charge is 0.291 e. The van der Waals surface area contributed by atoms with Crippen LogP contribution in [0.2, 0.25) is 5.02 Å². The summed E-state index contributed by atoms with van der Waals surface area (Å²) in [5, 5.41) is 0.933. The lowest BCUT2D eigenvalue weighted by molar-refractivity contribution is 0.0714. The van der Waals surface area contributed by atoms with Gasteiger partial charge in [-0.3, -0.25) is 9.59 Å². The molecule has 4 aromatic rings. The zero-order chi connectivity index (χ0) is 21.7. The van der Waals surface area contributed by atoms with Crippen LogP contribution in [0.15, 0.2) is 75.9 Å². The van der Waals surface area contributed by atoms with E-state index in [4.69, 9.17) is 16.0 Å². The first-order chi connectivity index (χ1) is 14.9. The van der Waals surface area contributed by atoms with Gasteiger partial charge < -0.3 is 9.32 Å². The second-order valence-electron chi connectivity index (χ2n) is 7.65. The van der Waals surface area contributed by atoms with Gasteiger partial charge in [-0.1, -0.05) is 53.6 Å². The number of carbonyl (C=O) groups is 1. The molecule has 1 aliphatic rings. The minimum absolute atomic E-state index is 0.0164. The summed E-state index contributed by atoms with van der Waals surface area (Å²) in [5.74, 6) is -0.779. The molecule has 0 aliphatic carbocycles. The molecule has 0 fully saturated rings. The fourth-order valence-corrected chi connectivity index (χ4v) is 4.29. The molecule has 2 heterocycles. The highest BCUT2D eigenvalue weighted by Crippen LogP contribution is 2.39. The minimum atomic E-state index is -0.708. The number of aryl methyl sites for hydroxylation is 1. The fraction of sp³-hybridized carbons (Fsp3) is 0.120. The Morgan fingerprint density at radius 3 is 2.52 bits per heavy atom. The molecule has 154 valence electrons. The summed E-state index contributed by atoms with van der Waals surface area (Å²) in [7, 11) is 0. The largest absolute Gasteiger partial charge is 0.450 e. The van der Waals surface area contributed by atoms with Gasteiger partial charge >= 0.3 is 0 Å². The molecule has 0 bridgehead atoms. The quantitative estimate of drug-likeness (QED) is 0.420. The first-order valence-electron chi connectivity index (χ1n) is 9.81. The van der Waals surface area contributed by atoms with Crippen molar-refractivity contribution in [3.63, 3.8) is 0 Å². The zero-order valence-electron chi connectivity index (χ0n) is 16.6. The Kier molecular flexibility index (Phi) is 4.63. The number of hydrogen-bond acceptors (Lipinski definition) is 3. The van der Waals surface area contributed by atoms with Gasteiger partial charge in [-0.05, 0) is 48.4 Å². The Bertz CT molecular complexity index is 1390. The molecule has 1 aromatic heterocycles. The SMILES string of the molecule is Cc1ccc2oc3c(c(=O)c2c1)[C@H](c1ccc(F)cc1)N(Cc1ccccc1Cl)C3=O. The number of halogens is 2. The minimum Gasteiger partial charge on any atom is -0.450 e. The van der Waals surface area contributed by atoms with E-state index in [-0.39, 0.29) is 23.3 Å². The maximum atomic E-state index is 13.6. The van der Waals surface area contributed by atoms with Crippen LogP contribution in [0.3, 0.4) is 0 Å². The molecular weight excluding hydrogens is 417 g/mol. The Balaban J connectivity index is 1.74. The average Bonchev–Trinajstić information content (AvgIpc) is 3.03. The van der Waals surface area contributed by atoms with Gasteiger partial charge in [-0.15, -0.1) is 0 Å². The molecule has 5 rings (SSSR count). The lowest BCUT2D eigenvalue weighted by Gasteiger charge is -2.25. The van der Waals surface area contributed by atoms with Crippen molar-refractivity contribution in [2.24, 2.45) is 0 Å². The topological polar surface area (TPSA) is 50.5 Å². The third-order valence-corrected chi connectivity index (χ3v) is 5.97. The molecule has 0 saturated heterocycles. The van der Waals surface area contributed by atoms with Crippen LogP contribution in [0.25, 0.3) is 11.0 Å². The Morgan fingerprint density at radius 2 is 1.77 bits per heavy atom. The van der Waals surface area contributed by atoms with E-state index in [9.17, 15) is 14.0 Å². The van der Waals surface area contributed by atoms with Crippen molar-refractivity contribution in [2.75, 3.05) is 0 Å². The van der Waals surface area contributed by atoms with Crippen molar-refractivity contribution in [2.45, 2.75) is 19.5 Å². The van der Waals surface area contributed by atoms with Crippen LogP contribution in [-0.2, 0) is 6.54 Å². The monoisotopic (exact) mass is 433 g/mol. The van der Waals surface area contributed by atoms with Crippen molar-refractivity contribution < 1.29 is 13.6 Å². The predicted octanol–water partition coefficient (Wildman–Crippen LogP) is 5.64. The number of nitrogens with zero attached hydrogens (tertiary/aromatic N) is 1. The third kappa shape index (κ3) is 3.22. The van der Waals surface area contributed by atoms with Crippen LogP contribution in [0.4, 0.5) is 4.39 Å². The molecule has 4 nitrogen and oxygen atoms in total. The second-order valence-corrected chi connectivity index (χ2v) is 8.06. The van der Waals surface area contributed by atoms with Gasteiger partial charge in [0.15, 0.2) is 5.43 Å². The third-order valence-electron chi connectivity index (χ3n) is 5.61. The highest BCUT2D eigenvalue weighted by atomic mass is 35.5. The summed E-state index contributed by atoms with van der Waals surface area (Å²) >= 11 is 6.34. The van der Waals surface area contributed by atoms with E-state index >= 15 is 0 Å². The van der Waals surface area contributed by atoms with Crippen LogP contribution >= 0.6 is 11.6 Å². The molecule has 0 unspecified atom stereocenters. The molecule has 0 N–H and O–H groups in total. The van der Waals surface area contributed by atoms with Gasteiger partial charge in [0.2, 0.25) is 5.76 Å². The van der Waals surface area contributed by atoms with E-state index in [2.05, 4.69) is 0 Å². The molecule has 0 saturated carbocycles. The number of fused-ring (bicyclic) bond motifs is 2. The van der Waals surface area contributed by atoms with Crippen molar-refractivity contribution in [1.82, 2.24) is 4.90 Å². The predicted molar refractivity (Wildman–Crippen MR) is 117 cm³/mol. The van der Waals surface area contributed by atoms with Crippen molar-refractivity contribution in [1.29, 1.82) is 0 Å². The fourth-order valence-electron chi connectivity index (χ4n) is 4.10. The summed E-state index contributed by atoms with van der Waals surface area (Å²) in [6, 6.07) is 17.6. The zero-order valence-corrected chi connectivity index (χ0v) is 17.3. The van der Waals surface area contributed by atoms with E-state index in [1.807, 2.05) is 31.2 Å². The first-order valence-corrected chi connectivity index (χ1v) is 10.2. The van der Waals surface area contributed by atoms with Gasteiger partial charge in [0.25, 0.3) is 5.91 Å². The molecule has 6 heteroatoms. The summed E-state index contributed by atoms with van der Waals surface area (Å²) in [6.07, 6.45) is 0. The standard InChI is InChI=1S/C25H17ClFNO3/c1-14-6-11-20-18(12-14)23(29)21-22(15-7-9-17(27)10-8-15)28(25(30)24(21)31-20)13-16-4-2-3-5-19(16)26/h2-12,22H,13H2,1H3/t22-/m0/s1. The Morgan fingerprint density at radius 1 is 1.03 bits per heavy atom. The number of rotatable bonds is 3. The second kappa shape index (κ2) is 7.36. The van der Waals surface area contributed by atoms with E-state index in [0.717, 1.165) is 11.1 Å². The van der Waals surface area contributed by atoms with E-state index in [1.165, 1.54) is 12.1 Å². The summed E-state index contributed by atoms with van der Waals surface area (Å²) in [5.41, 5.74) is 2.65. The number of amides is 1. The molecule has 1 amide bonds. The van der Waals surface area contributed by atoms with E-state index < -0.39 is 17.8 Å². The molecule has 1 aliphatic heterocycles. The van der Waals surface area contributed by atoms with Crippen LogP contribution < -0.4 is 5.43 Å². The van der Waals surface area contributed by atoms with Crippen LogP contribution in [-0.4, -0.2) is 10.8 Å². The first kappa shape index (κ1) is 19.5. The lowest BCUT2D eigenvalue weighted by Crippen LogP contribution is -2.29. The van der Waals surface area contributed by atoms with Crippen LogP contribution in [0, 0.1) is 12.7 Å². The molecule has 0 spiro atoms. The number of benzene rings is 3. The maximum Gasteiger partial charge on any atom is 0.291 e. The molecule has 1 atom stereocenters. The van der Waals surface area contributed by atoms with Gasteiger partial charge in [0.1, 0.15) is 11.4 Å². The summed E-state index contributed by atoms with van der Waals surface area (Å²) in [6.45, 7) is 2.07. The normalized spacial score (nSPS) is 15.5. The lowest BCUT2D eigenvalue weighted by atomic mass is 9.98. The summed E-state index contributed by atoms with van der Waals surface area (Å²) < 4.78 is 19.5. The molecule has 0 radical (unpaired) electrons. The average molecular weight is 434 g/mol. The van der Waals surface area contributed by atoms with Gasteiger partial charge in [0.05, 0.1) is 17.0 Å². The highest BCUT2D eigenvalue weighted by molar-refractivity contribution is 6.31. The Hall–Kier alpha value is -3.44. The Labute approximate surface area is 182 Å². The number of hydrogen-bond donors (Lipinski definition) is 0. The van der Waals surface area contributed by atoms with E-state index in [1.54, 1.807) is 35.2 Å².